The van der Waals surface area contributed by atoms with Crippen molar-refractivity contribution in [2.75, 3.05) is 16.6 Å². The van der Waals surface area contributed by atoms with Gasteiger partial charge in [-0.1, -0.05) is 0 Å². The van der Waals surface area contributed by atoms with Gasteiger partial charge in [0.05, 0.1) is 0 Å². The number of hydrogen-bond acceptors (Lipinski definition) is 6. The minimum absolute atomic E-state index is 0.0544. The number of hydrogen-bond donors (Lipinski definition) is 2. The zero-order valence-electron chi connectivity index (χ0n) is 12.1. The van der Waals surface area contributed by atoms with E-state index in [0.29, 0.717) is 23.8 Å². The van der Waals surface area contributed by atoms with E-state index in [-0.39, 0.29) is 10.8 Å². The van der Waals surface area contributed by atoms with E-state index < -0.39 is 10.0 Å². The van der Waals surface area contributed by atoms with Crippen LogP contribution in [0.15, 0.2) is 29.3 Å². The van der Waals surface area contributed by atoms with E-state index in [9.17, 15) is 8.42 Å². The van der Waals surface area contributed by atoms with Crippen LogP contribution in [0.5, 0.6) is 0 Å². The van der Waals surface area contributed by atoms with Gasteiger partial charge in [-0.3, -0.25) is 0 Å². The average molecular weight is 307 g/mol. The van der Waals surface area contributed by atoms with Crippen LogP contribution >= 0.6 is 0 Å². The fourth-order valence-corrected chi connectivity index (χ4v) is 2.93. The SMILES string of the molecule is CCNc1ncccc1S(=O)(=O)Nc1nc(C)cc(C)n1. The third-order valence-corrected chi connectivity index (χ3v) is 3.97. The Hall–Kier alpha value is -2.22. The van der Waals surface area contributed by atoms with E-state index in [1.807, 2.05) is 6.92 Å². The predicted molar refractivity (Wildman–Crippen MR) is 80.7 cm³/mol. The lowest BCUT2D eigenvalue weighted by molar-refractivity contribution is 0.600. The van der Waals surface area contributed by atoms with Gasteiger partial charge in [0.15, 0.2) is 0 Å². The van der Waals surface area contributed by atoms with Crippen molar-refractivity contribution in [2.24, 2.45) is 0 Å². The van der Waals surface area contributed by atoms with Crippen molar-refractivity contribution in [3.05, 3.63) is 35.8 Å². The summed E-state index contributed by atoms with van der Waals surface area (Å²) in [7, 11) is -3.80. The lowest BCUT2D eigenvalue weighted by atomic mass is 10.4. The highest BCUT2D eigenvalue weighted by atomic mass is 32.2. The molecule has 2 aromatic rings. The molecule has 0 bridgehead atoms. The Kier molecular flexibility index (Phi) is 4.37. The van der Waals surface area contributed by atoms with Crippen molar-refractivity contribution in [2.45, 2.75) is 25.7 Å². The van der Waals surface area contributed by atoms with Crippen LogP contribution < -0.4 is 10.0 Å². The molecule has 2 aromatic heterocycles. The number of anilines is 2. The normalized spacial score (nSPS) is 11.2. The summed E-state index contributed by atoms with van der Waals surface area (Å²) in [5.74, 6) is 0.357. The molecule has 0 fully saturated rings. The smallest absolute Gasteiger partial charge is 0.267 e. The molecule has 0 aliphatic heterocycles. The van der Waals surface area contributed by atoms with E-state index in [4.69, 9.17) is 0 Å². The van der Waals surface area contributed by atoms with Crippen molar-refractivity contribution < 1.29 is 8.42 Å². The van der Waals surface area contributed by atoms with Gasteiger partial charge in [-0.25, -0.2) is 28.1 Å². The van der Waals surface area contributed by atoms with Crippen LogP contribution in [-0.2, 0) is 10.0 Å². The van der Waals surface area contributed by atoms with Crippen molar-refractivity contribution in [1.29, 1.82) is 0 Å². The molecule has 0 saturated heterocycles. The number of nitrogens with one attached hydrogen (secondary N) is 2. The van der Waals surface area contributed by atoms with Gasteiger partial charge >= 0.3 is 0 Å². The summed E-state index contributed by atoms with van der Waals surface area (Å²) in [4.78, 5) is 12.3. The topological polar surface area (TPSA) is 96.9 Å². The Labute approximate surface area is 123 Å². The maximum atomic E-state index is 12.4. The molecule has 112 valence electrons. The largest absolute Gasteiger partial charge is 0.369 e. The molecule has 21 heavy (non-hydrogen) atoms. The molecule has 0 unspecified atom stereocenters. The van der Waals surface area contributed by atoms with Crippen LogP contribution in [0.25, 0.3) is 0 Å². The summed E-state index contributed by atoms with van der Waals surface area (Å²) < 4.78 is 27.3. The molecular weight excluding hydrogens is 290 g/mol. The number of pyridine rings is 1. The monoisotopic (exact) mass is 307 g/mol. The summed E-state index contributed by atoms with van der Waals surface area (Å²) in [6.45, 7) is 5.99. The van der Waals surface area contributed by atoms with Crippen LogP contribution in [0, 0.1) is 13.8 Å². The standard InChI is InChI=1S/C13H17N5O2S/c1-4-14-12-11(6-5-7-15-12)21(19,20)18-13-16-9(2)8-10(3)17-13/h5-8H,4H2,1-3H3,(H,14,15)(H,16,17,18). The Morgan fingerprint density at radius 3 is 2.48 bits per heavy atom. The van der Waals surface area contributed by atoms with Gasteiger partial charge in [-0.2, -0.15) is 0 Å². The average Bonchev–Trinajstić information content (AvgIpc) is 2.37. The maximum Gasteiger partial charge on any atom is 0.267 e. The van der Waals surface area contributed by atoms with E-state index in [1.165, 1.54) is 12.3 Å². The van der Waals surface area contributed by atoms with Gasteiger partial charge in [0.2, 0.25) is 5.95 Å². The molecule has 0 aromatic carbocycles. The first kappa shape index (κ1) is 15.2. The quantitative estimate of drug-likeness (QED) is 0.873. The van der Waals surface area contributed by atoms with E-state index in [1.54, 1.807) is 26.0 Å². The molecule has 2 heterocycles. The first-order valence-electron chi connectivity index (χ1n) is 6.46. The molecule has 8 heteroatoms. The highest BCUT2D eigenvalue weighted by molar-refractivity contribution is 7.92. The van der Waals surface area contributed by atoms with Gasteiger partial charge < -0.3 is 5.32 Å². The Morgan fingerprint density at radius 1 is 1.19 bits per heavy atom. The molecule has 0 aliphatic carbocycles. The van der Waals surface area contributed by atoms with Crippen molar-refractivity contribution in [3.63, 3.8) is 0 Å². The zero-order chi connectivity index (χ0) is 15.5. The molecule has 0 radical (unpaired) electrons. The van der Waals surface area contributed by atoms with Gasteiger partial charge in [-0.05, 0) is 39.0 Å². The summed E-state index contributed by atoms with van der Waals surface area (Å²) in [5, 5.41) is 2.92. The minimum atomic E-state index is -3.80. The highest BCUT2D eigenvalue weighted by Gasteiger charge is 2.20. The fourth-order valence-electron chi connectivity index (χ4n) is 1.85. The number of rotatable bonds is 5. The zero-order valence-corrected chi connectivity index (χ0v) is 12.9. The Balaban J connectivity index is 2.38. The van der Waals surface area contributed by atoms with E-state index in [2.05, 4.69) is 25.0 Å². The minimum Gasteiger partial charge on any atom is -0.369 e. The van der Waals surface area contributed by atoms with Crippen molar-refractivity contribution >= 4 is 21.8 Å². The molecule has 0 aliphatic rings. The second-order valence-electron chi connectivity index (χ2n) is 4.46. The van der Waals surface area contributed by atoms with Gasteiger partial charge in [-0.15, -0.1) is 0 Å². The number of nitrogens with zero attached hydrogens (tertiary/aromatic N) is 3. The summed E-state index contributed by atoms with van der Waals surface area (Å²) in [6.07, 6.45) is 1.53. The lowest BCUT2D eigenvalue weighted by Crippen LogP contribution is -2.18. The van der Waals surface area contributed by atoms with Crippen LogP contribution in [0.4, 0.5) is 11.8 Å². The van der Waals surface area contributed by atoms with Crippen LogP contribution in [0.2, 0.25) is 0 Å². The van der Waals surface area contributed by atoms with Crippen LogP contribution in [0.1, 0.15) is 18.3 Å². The first-order valence-corrected chi connectivity index (χ1v) is 7.94. The molecule has 0 amide bonds. The van der Waals surface area contributed by atoms with E-state index in [0.717, 1.165) is 0 Å². The fraction of sp³-hybridized carbons (Fsp3) is 0.308. The molecule has 0 atom stereocenters. The lowest BCUT2D eigenvalue weighted by Gasteiger charge is -2.11. The van der Waals surface area contributed by atoms with Gasteiger partial charge in [0, 0.05) is 24.1 Å². The van der Waals surface area contributed by atoms with Crippen molar-refractivity contribution in [3.8, 4) is 0 Å². The number of aryl methyl sites for hydroxylation is 2. The molecule has 2 rings (SSSR count). The Bertz CT molecular complexity index is 726. The second-order valence-corrected chi connectivity index (χ2v) is 6.11. The van der Waals surface area contributed by atoms with Gasteiger partial charge in [0.25, 0.3) is 10.0 Å². The third kappa shape index (κ3) is 3.66. The second kappa shape index (κ2) is 6.04. The van der Waals surface area contributed by atoms with Crippen LogP contribution in [0.3, 0.4) is 0 Å². The Morgan fingerprint density at radius 2 is 1.86 bits per heavy atom. The van der Waals surface area contributed by atoms with Crippen molar-refractivity contribution in [1.82, 2.24) is 15.0 Å². The maximum absolute atomic E-state index is 12.4. The van der Waals surface area contributed by atoms with Crippen LogP contribution in [-0.4, -0.2) is 29.9 Å². The molecule has 0 saturated carbocycles. The summed E-state index contributed by atoms with van der Waals surface area (Å²) in [5.41, 5.74) is 1.39. The first-order chi connectivity index (χ1) is 9.92. The predicted octanol–water partition coefficient (Wildman–Crippen LogP) is 1.72. The molecule has 2 N–H and O–H groups in total. The molecule has 7 nitrogen and oxygen atoms in total. The number of aromatic nitrogens is 3. The molecule has 0 spiro atoms. The summed E-state index contributed by atoms with van der Waals surface area (Å²) in [6, 6.07) is 4.82. The summed E-state index contributed by atoms with van der Waals surface area (Å²) >= 11 is 0. The molecular formula is C13H17N5O2S. The van der Waals surface area contributed by atoms with Gasteiger partial charge in [0.1, 0.15) is 10.7 Å². The van der Waals surface area contributed by atoms with E-state index >= 15 is 0 Å². The number of sulfonamides is 1. The third-order valence-electron chi connectivity index (χ3n) is 2.61. The highest BCUT2D eigenvalue weighted by Crippen LogP contribution is 2.20.